The molecule has 1 aromatic heterocycles. The van der Waals surface area contributed by atoms with Crippen LogP contribution in [0.5, 0.6) is 5.75 Å². The summed E-state index contributed by atoms with van der Waals surface area (Å²) in [6, 6.07) is 17.8. The highest BCUT2D eigenvalue weighted by molar-refractivity contribution is 8.18. The Kier molecular flexibility index (Phi) is 6.08. The van der Waals surface area contributed by atoms with E-state index in [2.05, 4.69) is 10.3 Å². The summed E-state index contributed by atoms with van der Waals surface area (Å²) in [6.45, 7) is 2.98. The van der Waals surface area contributed by atoms with Crippen molar-refractivity contribution in [3.63, 3.8) is 0 Å². The fraction of sp³-hybridized carbons (Fsp3) is 0.174. The predicted molar refractivity (Wildman–Crippen MR) is 121 cm³/mol. The molecular formula is C23H21N3O4S. The Morgan fingerprint density at radius 3 is 2.55 bits per heavy atom. The quantitative estimate of drug-likeness (QED) is 0.547. The molecule has 1 aliphatic rings. The minimum absolute atomic E-state index is 0.350. The summed E-state index contributed by atoms with van der Waals surface area (Å²) in [7, 11) is 1.91. The van der Waals surface area contributed by atoms with Crippen LogP contribution in [0.1, 0.15) is 11.3 Å². The zero-order chi connectivity index (χ0) is 21.8. The van der Waals surface area contributed by atoms with Gasteiger partial charge in [0.05, 0.1) is 17.1 Å². The third kappa shape index (κ3) is 4.97. The van der Waals surface area contributed by atoms with Gasteiger partial charge in [0, 0.05) is 12.6 Å². The van der Waals surface area contributed by atoms with Gasteiger partial charge in [0.15, 0.2) is 5.76 Å². The first-order valence-electron chi connectivity index (χ1n) is 9.71. The Morgan fingerprint density at radius 1 is 1.13 bits per heavy atom. The van der Waals surface area contributed by atoms with Gasteiger partial charge in [0.1, 0.15) is 12.4 Å². The molecule has 0 spiro atoms. The molecule has 3 aromatic rings. The molecule has 0 radical (unpaired) electrons. The zero-order valence-electron chi connectivity index (χ0n) is 17.1. The summed E-state index contributed by atoms with van der Waals surface area (Å²) in [5.41, 5.74) is 2.66. The summed E-state index contributed by atoms with van der Waals surface area (Å²) in [5.74, 6) is 1.11. The van der Waals surface area contributed by atoms with Crippen LogP contribution in [0.25, 0.3) is 17.4 Å². The molecule has 7 nitrogen and oxygen atoms in total. The van der Waals surface area contributed by atoms with Gasteiger partial charge in [-0.05, 0) is 42.5 Å². The number of likely N-dealkylation sites (N-methyl/N-ethyl adjacent to an activating group) is 1. The molecule has 0 bridgehead atoms. The number of nitrogens with zero attached hydrogens (tertiary/aromatic N) is 2. The molecule has 1 N–H and O–H groups in total. The molecule has 8 heteroatoms. The van der Waals surface area contributed by atoms with Crippen molar-refractivity contribution in [1.82, 2.24) is 10.3 Å². The van der Waals surface area contributed by atoms with Gasteiger partial charge < -0.3 is 14.1 Å². The number of benzene rings is 2. The zero-order valence-corrected chi connectivity index (χ0v) is 17.9. The highest BCUT2D eigenvalue weighted by Gasteiger charge is 2.24. The lowest BCUT2D eigenvalue weighted by Crippen LogP contribution is -2.24. The van der Waals surface area contributed by atoms with E-state index in [-0.39, 0.29) is 11.1 Å². The van der Waals surface area contributed by atoms with Crippen molar-refractivity contribution in [2.75, 3.05) is 25.1 Å². The molecule has 2 amide bonds. The number of rotatable bonds is 7. The lowest BCUT2D eigenvalue weighted by Gasteiger charge is -2.15. The normalized spacial score (nSPS) is 14.7. The number of anilines is 1. The highest BCUT2D eigenvalue weighted by atomic mass is 32.2. The monoisotopic (exact) mass is 435 g/mol. The molecule has 0 atom stereocenters. The third-order valence-corrected chi connectivity index (χ3v) is 5.47. The molecule has 4 rings (SSSR count). The SMILES string of the molecule is Cc1nc(N(C)CCOc2ccc(/C=C3/SC(=O)NC3=O)cc2)oc1-c1ccccc1. The maximum atomic E-state index is 11.6. The molecule has 0 saturated carbocycles. The lowest BCUT2D eigenvalue weighted by atomic mass is 10.1. The van der Waals surface area contributed by atoms with Crippen molar-refractivity contribution in [1.29, 1.82) is 0 Å². The van der Waals surface area contributed by atoms with Gasteiger partial charge in [0.25, 0.3) is 17.2 Å². The standard InChI is InChI=1S/C23H21N3O4S/c1-15-20(17-6-4-3-5-7-17)30-22(24-15)26(2)12-13-29-18-10-8-16(9-11-18)14-19-21(27)25-23(28)31-19/h3-11,14H,12-13H2,1-2H3,(H,25,27,28)/b19-14+. The molecule has 1 saturated heterocycles. The topological polar surface area (TPSA) is 84.7 Å². The van der Waals surface area contributed by atoms with Gasteiger partial charge in [-0.25, -0.2) is 0 Å². The van der Waals surface area contributed by atoms with Crippen molar-refractivity contribution in [3.05, 3.63) is 70.8 Å². The molecule has 31 heavy (non-hydrogen) atoms. The third-order valence-electron chi connectivity index (χ3n) is 4.66. The minimum atomic E-state index is -0.365. The number of thioether (sulfide) groups is 1. The number of carbonyl (C=O) groups is 2. The van der Waals surface area contributed by atoms with E-state index >= 15 is 0 Å². The van der Waals surface area contributed by atoms with Crippen LogP contribution < -0.4 is 15.0 Å². The number of aryl methyl sites for hydroxylation is 1. The Hall–Kier alpha value is -3.52. The Morgan fingerprint density at radius 2 is 1.87 bits per heavy atom. The number of hydrogen-bond donors (Lipinski definition) is 1. The Labute approximate surface area is 184 Å². The Bertz CT molecular complexity index is 1120. The maximum absolute atomic E-state index is 11.6. The largest absolute Gasteiger partial charge is 0.492 e. The van der Waals surface area contributed by atoms with Crippen LogP contribution in [-0.4, -0.2) is 36.3 Å². The lowest BCUT2D eigenvalue weighted by molar-refractivity contribution is -0.115. The fourth-order valence-electron chi connectivity index (χ4n) is 3.03. The van der Waals surface area contributed by atoms with E-state index in [0.717, 1.165) is 34.3 Å². The van der Waals surface area contributed by atoms with Crippen LogP contribution in [0.4, 0.5) is 10.8 Å². The molecule has 0 unspecified atom stereocenters. The Balaban J connectivity index is 1.32. The van der Waals surface area contributed by atoms with E-state index < -0.39 is 0 Å². The second-order valence-corrected chi connectivity index (χ2v) is 7.98. The van der Waals surface area contributed by atoms with Crippen molar-refractivity contribution < 1.29 is 18.7 Å². The van der Waals surface area contributed by atoms with Crippen LogP contribution in [0.2, 0.25) is 0 Å². The van der Waals surface area contributed by atoms with Gasteiger partial charge in [-0.3, -0.25) is 14.9 Å². The van der Waals surface area contributed by atoms with E-state index in [4.69, 9.17) is 9.15 Å². The van der Waals surface area contributed by atoms with Crippen LogP contribution in [0.3, 0.4) is 0 Å². The van der Waals surface area contributed by atoms with Gasteiger partial charge in [-0.2, -0.15) is 4.98 Å². The fourth-order valence-corrected chi connectivity index (χ4v) is 3.71. The van der Waals surface area contributed by atoms with Crippen LogP contribution in [0.15, 0.2) is 63.9 Å². The molecule has 2 heterocycles. The summed E-state index contributed by atoms with van der Waals surface area (Å²) < 4.78 is 11.8. The second-order valence-electron chi connectivity index (χ2n) is 6.97. The molecule has 0 aliphatic carbocycles. The second kappa shape index (κ2) is 9.09. The minimum Gasteiger partial charge on any atom is -0.492 e. The average molecular weight is 436 g/mol. The summed E-state index contributed by atoms with van der Waals surface area (Å²) in [5, 5.41) is 1.89. The van der Waals surface area contributed by atoms with Crippen molar-refractivity contribution in [2.45, 2.75) is 6.92 Å². The highest BCUT2D eigenvalue weighted by Crippen LogP contribution is 2.28. The summed E-state index contributed by atoms with van der Waals surface area (Å²) >= 11 is 0.899. The molecule has 1 fully saturated rings. The van der Waals surface area contributed by atoms with Crippen molar-refractivity contribution >= 4 is 35.0 Å². The van der Waals surface area contributed by atoms with Crippen molar-refractivity contribution in [3.8, 4) is 17.1 Å². The van der Waals surface area contributed by atoms with Gasteiger partial charge in [-0.1, -0.05) is 42.5 Å². The van der Waals surface area contributed by atoms with Gasteiger partial charge in [0.2, 0.25) is 0 Å². The molecular weight excluding hydrogens is 414 g/mol. The molecule has 1 aliphatic heterocycles. The van der Waals surface area contributed by atoms with E-state index in [0.29, 0.717) is 29.8 Å². The molecule has 2 aromatic carbocycles. The number of hydrogen-bond acceptors (Lipinski definition) is 7. The number of ether oxygens (including phenoxy) is 1. The first kappa shape index (κ1) is 20.7. The number of carbonyl (C=O) groups excluding carboxylic acids is 2. The van der Waals surface area contributed by atoms with Crippen molar-refractivity contribution in [2.24, 2.45) is 0 Å². The average Bonchev–Trinajstić information content (AvgIpc) is 3.31. The van der Waals surface area contributed by atoms with E-state index in [1.807, 2.05) is 73.5 Å². The van der Waals surface area contributed by atoms with Crippen LogP contribution in [-0.2, 0) is 4.79 Å². The van der Waals surface area contributed by atoms with E-state index in [9.17, 15) is 9.59 Å². The first-order chi connectivity index (χ1) is 15.0. The first-order valence-corrected chi connectivity index (χ1v) is 10.5. The van der Waals surface area contributed by atoms with Gasteiger partial charge >= 0.3 is 0 Å². The molecule has 158 valence electrons. The van der Waals surface area contributed by atoms with E-state index in [1.54, 1.807) is 6.08 Å². The number of amides is 2. The number of oxazole rings is 1. The number of nitrogens with one attached hydrogen (secondary N) is 1. The number of imide groups is 1. The van der Waals surface area contributed by atoms with Crippen LogP contribution >= 0.6 is 11.8 Å². The predicted octanol–water partition coefficient (Wildman–Crippen LogP) is 4.49. The smallest absolute Gasteiger partial charge is 0.297 e. The maximum Gasteiger partial charge on any atom is 0.297 e. The van der Waals surface area contributed by atoms with E-state index in [1.165, 1.54) is 0 Å². The van der Waals surface area contributed by atoms with Crippen LogP contribution in [0, 0.1) is 6.92 Å². The van der Waals surface area contributed by atoms with Gasteiger partial charge in [-0.15, -0.1) is 0 Å². The summed E-state index contributed by atoms with van der Waals surface area (Å²) in [4.78, 5) is 29.7. The number of aromatic nitrogens is 1. The summed E-state index contributed by atoms with van der Waals surface area (Å²) in [6.07, 6.45) is 1.68.